The first kappa shape index (κ1) is 21.6. The summed E-state index contributed by atoms with van der Waals surface area (Å²) < 4.78 is 23.2. The summed E-state index contributed by atoms with van der Waals surface area (Å²) in [5, 5.41) is 2.57. The van der Waals surface area contributed by atoms with Crippen LogP contribution in [0.3, 0.4) is 0 Å². The summed E-state index contributed by atoms with van der Waals surface area (Å²) in [4.78, 5) is 15.6. The topological polar surface area (TPSA) is 102 Å². The van der Waals surface area contributed by atoms with Gasteiger partial charge in [0.05, 0.1) is 12.1 Å². The minimum absolute atomic E-state index is 0. The smallest absolute Gasteiger partial charge is 0.238 e. The molecule has 0 unspecified atom stereocenters. The fraction of sp³-hybridized carbons (Fsp3) is 0.375. The lowest BCUT2D eigenvalue weighted by Gasteiger charge is -2.03. The number of carbonyl (C=O) groups excluding carboxylic acids is 1. The van der Waals surface area contributed by atoms with Crippen molar-refractivity contribution < 1.29 is 13.2 Å². The van der Waals surface area contributed by atoms with Crippen LogP contribution in [0.4, 0.5) is 0 Å². The van der Waals surface area contributed by atoms with Gasteiger partial charge in [-0.3, -0.25) is 10.2 Å². The second-order valence-corrected chi connectivity index (χ2v) is 8.77. The molecule has 25 heavy (non-hydrogen) atoms. The molecule has 0 aliphatic heterocycles. The molecule has 1 aromatic carbocycles. The lowest BCUT2D eigenvalue weighted by molar-refractivity contribution is -0.120. The standard InChI is InChI=1S/C16H21N3O3S2.ClH/c1-2-24(21,22)11-16-18-14(10-23-16)8-7-12-3-5-13(6-4-12)9-15(20)19-17;/h3-6,10H,2,7-9,11,17H2,1H3,(H,19,20);1H. The first-order valence-electron chi connectivity index (χ1n) is 7.63. The predicted molar refractivity (Wildman–Crippen MR) is 102 cm³/mol. The summed E-state index contributed by atoms with van der Waals surface area (Å²) >= 11 is 1.39. The maximum Gasteiger partial charge on any atom is 0.238 e. The van der Waals surface area contributed by atoms with E-state index in [0.717, 1.165) is 29.7 Å². The van der Waals surface area contributed by atoms with E-state index in [1.165, 1.54) is 11.3 Å². The van der Waals surface area contributed by atoms with Crippen LogP contribution in [0.5, 0.6) is 0 Å². The van der Waals surface area contributed by atoms with Crippen LogP contribution in [0.25, 0.3) is 0 Å². The number of aromatic nitrogens is 1. The Morgan fingerprint density at radius 3 is 2.44 bits per heavy atom. The van der Waals surface area contributed by atoms with Crippen LogP contribution >= 0.6 is 23.7 Å². The van der Waals surface area contributed by atoms with Gasteiger partial charge in [-0.1, -0.05) is 31.2 Å². The highest BCUT2D eigenvalue weighted by Gasteiger charge is 2.12. The van der Waals surface area contributed by atoms with Crippen molar-refractivity contribution in [3.63, 3.8) is 0 Å². The van der Waals surface area contributed by atoms with Crippen molar-refractivity contribution in [2.45, 2.75) is 31.9 Å². The second-order valence-electron chi connectivity index (χ2n) is 5.47. The fourth-order valence-corrected chi connectivity index (χ4v) is 4.22. The van der Waals surface area contributed by atoms with Crippen LogP contribution in [-0.4, -0.2) is 25.1 Å². The maximum absolute atomic E-state index is 11.6. The highest BCUT2D eigenvalue weighted by molar-refractivity contribution is 7.90. The number of benzene rings is 1. The summed E-state index contributed by atoms with van der Waals surface area (Å²) in [5.74, 6) is 5.00. The summed E-state index contributed by atoms with van der Waals surface area (Å²) in [6, 6.07) is 7.78. The van der Waals surface area contributed by atoms with Crippen molar-refractivity contribution in [2.24, 2.45) is 5.84 Å². The average Bonchev–Trinajstić information content (AvgIpc) is 3.00. The van der Waals surface area contributed by atoms with E-state index in [2.05, 4.69) is 10.4 Å². The fourth-order valence-electron chi connectivity index (χ4n) is 2.15. The number of carbonyl (C=O) groups is 1. The Kier molecular flexibility index (Phi) is 8.51. The van der Waals surface area contributed by atoms with Gasteiger partial charge in [0.2, 0.25) is 5.91 Å². The lowest BCUT2D eigenvalue weighted by Crippen LogP contribution is -2.31. The van der Waals surface area contributed by atoms with Gasteiger partial charge in [-0.2, -0.15) is 0 Å². The maximum atomic E-state index is 11.6. The number of hydrogen-bond acceptors (Lipinski definition) is 6. The molecule has 2 rings (SSSR count). The van der Waals surface area contributed by atoms with E-state index in [9.17, 15) is 13.2 Å². The molecule has 0 aliphatic rings. The molecule has 2 aromatic rings. The number of hydrogen-bond donors (Lipinski definition) is 2. The first-order chi connectivity index (χ1) is 11.4. The van der Waals surface area contributed by atoms with Crippen molar-refractivity contribution in [3.8, 4) is 0 Å². The summed E-state index contributed by atoms with van der Waals surface area (Å²) in [6.07, 6.45) is 1.83. The van der Waals surface area contributed by atoms with Gasteiger partial charge in [0.25, 0.3) is 0 Å². The minimum Gasteiger partial charge on any atom is -0.294 e. The molecule has 1 aromatic heterocycles. The molecule has 1 heterocycles. The van der Waals surface area contributed by atoms with Gasteiger partial charge < -0.3 is 0 Å². The Labute approximate surface area is 158 Å². The van der Waals surface area contributed by atoms with Crippen LogP contribution in [0.15, 0.2) is 29.6 Å². The molecule has 0 fully saturated rings. The normalized spacial score (nSPS) is 11.0. The van der Waals surface area contributed by atoms with Crippen LogP contribution in [0, 0.1) is 0 Å². The molecule has 0 radical (unpaired) electrons. The van der Waals surface area contributed by atoms with Crippen LogP contribution in [-0.2, 0) is 39.6 Å². The molecule has 6 nitrogen and oxygen atoms in total. The molecule has 0 saturated heterocycles. The zero-order chi connectivity index (χ0) is 17.6. The van der Waals surface area contributed by atoms with Crippen molar-refractivity contribution in [1.82, 2.24) is 10.4 Å². The highest BCUT2D eigenvalue weighted by atomic mass is 35.5. The molecule has 0 saturated carbocycles. The number of nitrogens with zero attached hydrogens (tertiary/aromatic N) is 1. The number of sulfone groups is 1. The number of amides is 1. The molecule has 0 atom stereocenters. The Bertz CT molecular complexity index is 789. The van der Waals surface area contributed by atoms with E-state index in [1.54, 1.807) is 6.92 Å². The predicted octanol–water partition coefficient (Wildman–Crippen LogP) is 1.82. The quantitative estimate of drug-likeness (QED) is 0.397. The van der Waals surface area contributed by atoms with Crippen LogP contribution in [0.1, 0.15) is 28.8 Å². The van der Waals surface area contributed by atoms with Gasteiger partial charge in [0, 0.05) is 11.1 Å². The van der Waals surface area contributed by atoms with E-state index in [1.807, 2.05) is 29.6 Å². The molecule has 0 spiro atoms. The lowest BCUT2D eigenvalue weighted by atomic mass is 10.0. The summed E-state index contributed by atoms with van der Waals surface area (Å²) in [7, 11) is -3.04. The van der Waals surface area contributed by atoms with E-state index < -0.39 is 9.84 Å². The first-order valence-corrected chi connectivity index (χ1v) is 10.3. The number of halogens is 1. The van der Waals surface area contributed by atoms with Crippen LogP contribution in [0.2, 0.25) is 0 Å². The van der Waals surface area contributed by atoms with E-state index >= 15 is 0 Å². The Hall–Kier alpha value is -1.48. The van der Waals surface area contributed by atoms with Crippen molar-refractivity contribution >= 4 is 39.5 Å². The van der Waals surface area contributed by atoms with Crippen LogP contribution < -0.4 is 11.3 Å². The van der Waals surface area contributed by atoms with Crippen molar-refractivity contribution in [2.75, 3.05) is 5.75 Å². The molecule has 0 aliphatic carbocycles. The van der Waals surface area contributed by atoms with Gasteiger partial charge in [0.1, 0.15) is 10.8 Å². The monoisotopic (exact) mass is 403 g/mol. The van der Waals surface area contributed by atoms with Crippen molar-refractivity contribution in [3.05, 3.63) is 51.5 Å². The number of thiazole rings is 1. The minimum atomic E-state index is -3.04. The van der Waals surface area contributed by atoms with E-state index in [0.29, 0.717) is 5.01 Å². The van der Waals surface area contributed by atoms with Gasteiger partial charge in [-0.05, 0) is 24.0 Å². The summed E-state index contributed by atoms with van der Waals surface area (Å²) in [5.41, 5.74) is 5.06. The molecule has 9 heteroatoms. The summed E-state index contributed by atoms with van der Waals surface area (Å²) in [6.45, 7) is 1.64. The molecule has 138 valence electrons. The molecule has 1 amide bonds. The molecule has 3 N–H and O–H groups in total. The van der Waals surface area contributed by atoms with E-state index in [-0.39, 0.29) is 36.2 Å². The third-order valence-corrected chi connectivity index (χ3v) is 6.27. The third kappa shape index (κ3) is 7.11. The average molecular weight is 404 g/mol. The molecular weight excluding hydrogens is 382 g/mol. The van der Waals surface area contributed by atoms with Gasteiger partial charge in [-0.15, -0.1) is 23.7 Å². The zero-order valence-electron chi connectivity index (χ0n) is 13.9. The van der Waals surface area contributed by atoms with Gasteiger partial charge in [0.15, 0.2) is 9.84 Å². The zero-order valence-corrected chi connectivity index (χ0v) is 16.3. The van der Waals surface area contributed by atoms with Gasteiger partial charge in [-0.25, -0.2) is 19.2 Å². The Morgan fingerprint density at radius 2 is 1.84 bits per heavy atom. The molecular formula is C16H22ClN3O3S2. The molecule has 0 bridgehead atoms. The number of nitrogens with one attached hydrogen (secondary N) is 1. The third-order valence-electron chi connectivity index (χ3n) is 3.60. The Balaban J connectivity index is 0.00000312. The largest absolute Gasteiger partial charge is 0.294 e. The van der Waals surface area contributed by atoms with Gasteiger partial charge >= 0.3 is 0 Å². The number of aryl methyl sites for hydroxylation is 2. The number of rotatable bonds is 8. The highest BCUT2D eigenvalue weighted by Crippen LogP contribution is 2.16. The number of hydrazine groups is 1. The van der Waals surface area contributed by atoms with E-state index in [4.69, 9.17) is 5.84 Å². The Morgan fingerprint density at radius 1 is 1.20 bits per heavy atom. The SMILES string of the molecule is CCS(=O)(=O)Cc1nc(CCc2ccc(CC(=O)NN)cc2)cs1.Cl. The second kappa shape index (κ2) is 9.86. The van der Waals surface area contributed by atoms with Crippen molar-refractivity contribution in [1.29, 1.82) is 0 Å². The number of nitrogens with two attached hydrogens (primary N) is 1.